The molecule has 1 fully saturated rings. The van der Waals surface area contributed by atoms with Crippen molar-refractivity contribution in [1.29, 1.82) is 0 Å². The van der Waals surface area contributed by atoms with E-state index < -0.39 is 0 Å². The van der Waals surface area contributed by atoms with Gasteiger partial charge in [0.15, 0.2) is 0 Å². The van der Waals surface area contributed by atoms with Gasteiger partial charge in [-0.3, -0.25) is 10.1 Å². The summed E-state index contributed by atoms with van der Waals surface area (Å²) in [7, 11) is 0. The van der Waals surface area contributed by atoms with Crippen molar-refractivity contribution in [3.8, 4) is 0 Å². The molecule has 1 saturated carbocycles. The minimum Gasteiger partial charge on any atom is -0.354 e. The Labute approximate surface area is 118 Å². The third-order valence-corrected chi connectivity index (χ3v) is 3.36. The van der Waals surface area contributed by atoms with E-state index in [1.54, 1.807) is 6.92 Å². The minimum absolute atomic E-state index is 0.0285. The zero-order valence-electron chi connectivity index (χ0n) is 12.2. The summed E-state index contributed by atoms with van der Waals surface area (Å²) < 4.78 is 0. The van der Waals surface area contributed by atoms with Crippen molar-refractivity contribution in [2.24, 2.45) is 0 Å². The van der Waals surface area contributed by atoms with Crippen LogP contribution >= 0.6 is 0 Å². The van der Waals surface area contributed by atoms with Gasteiger partial charge in [-0.2, -0.15) is 4.98 Å². The second-order valence-electron chi connectivity index (χ2n) is 5.01. The Morgan fingerprint density at radius 2 is 2.10 bits per heavy atom. The van der Waals surface area contributed by atoms with E-state index in [0.717, 1.165) is 32.4 Å². The number of nitro groups is 1. The molecule has 0 amide bonds. The smallest absolute Gasteiger partial charge is 0.332 e. The molecule has 20 heavy (non-hydrogen) atoms. The summed E-state index contributed by atoms with van der Waals surface area (Å²) in [5.74, 6) is 0.926. The zero-order valence-corrected chi connectivity index (χ0v) is 12.2. The van der Waals surface area contributed by atoms with Crippen molar-refractivity contribution < 1.29 is 4.92 Å². The average molecular weight is 279 g/mol. The van der Waals surface area contributed by atoms with Crippen LogP contribution in [0.2, 0.25) is 0 Å². The Balaban J connectivity index is 2.43. The predicted octanol–water partition coefficient (Wildman–Crippen LogP) is 2.50. The summed E-state index contributed by atoms with van der Waals surface area (Å²) in [5, 5.41) is 14.4. The first-order chi connectivity index (χ1) is 9.58. The van der Waals surface area contributed by atoms with E-state index in [-0.39, 0.29) is 10.6 Å². The van der Waals surface area contributed by atoms with Gasteiger partial charge in [-0.25, -0.2) is 4.98 Å². The fraction of sp³-hybridized carbons (Fsp3) is 0.692. The lowest BCUT2D eigenvalue weighted by molar-refractivity contribution is -0.385. The van der Waals surface area contributed by atoms with Gasteiger partial charge in [-0.15, -0.1) is 0 Å². The maximum atomic E-state index is 11.3. The number of nitrogens with one attached hydrogen (secondary N) is 1. The summed E-state index contributed by atoms with van der Waals surface area (Å²) >= 11 is 0. The maximum Gasteiger partial charge on any atom is 0.332 e. The molecule has 2 rings (SSSR count). The van der Waals surface area contributed by atoms with Gasteiger partial charge in [0, 0.05) is 19.1 Å². The van der Waals surface area contributed by atoms with E-state index in [0.29, 0.717) is 23.5 Å². The van der Waals surface area contributed by atoms with Crippen LogP contribution < -0.4 is 10.2 Å². The summed E-state index contributed by atoms with van der Waals surface area (Å²) in [6, 6.07) is 0.382. The number of anilines is 2. The van der Waals surface area contributed by atoms with Gasteiger partial charge in [0.1, 0.15) is 5.69 Å². The molecular weight excluding hydrogens is 258 g/mol. The highest BCUT2D eigenvalue weighted by atomic mass is 16.6. The monoisotopic (exact) mass is 279 g/mol. The van der Waals surface area contributed by atoms with Gasteiger partial charge in [-0.1, -0.05) is 6.92 Å². The number of nitrogens with zero attached hydrogens (tertiary/aromatic N) is 4. The van der Waals surface area contributed by atoms with E-state index in [1.165, 1.54) is 0 Å². The molecule has 0 bridgehead atoms. The molecule has 1 aromatic rings. The lowest BCUT2D eigenvalue weighted by Gasteiger charge is -2.22. The number of aryl methyl sites for hydroxylation is 1. The molecule has 1 aliphatic carbocycles. The highest BCUT2D eigenvalue weighted by Gasteiger charge is 2.34. The fourth-order valence-electron chi connectivity index (χ4n) is 2.25. The van der Waals surface area contributed by atoms with Gasteiger partial charge in [0.05, 0.1) is 4.92 Å². The minimum atomic E-state index is -0.376. The molecule has 0 radical (unpaired) electrons. The molecule has 7 nitrogen and oxygen atoms in total. The Bertz CT molecular complexity index is 502. The van der Waals surface area contributed by atoms with Crippen LogP contribution in [0.15, 0.2) is 0 Å². The molecule has 0 aliphatic heterocycles. The second-order valence-corrected chi connectivity index (χ2v) is 5.01. The molecule has 1 heterocycles. The molecule has 1 N–H and O–H groups in total. The summed E-state index contributed by atoms with van der Waals surface area (Å²) in [5.41, 5.74) is 0.443. The Morgan fingerprint density at radius 1 is 1.40 bits per heavy atom. The van der Waals surface area contributed by atoms with Crippen molar-refractivity contribution >= 4 is 17.5 Å². The predicted molar refractivity (Wildman–Crippen MR) is 78.2 cm³/mol. The first-order valence-corrected chi connectivity index (χ1v) is 7.12. The van der Waals surface area contributed by atoms with Crippen molar-refractivity contribution in [2.75, 3.05) is 23.3 Å². The molecule has 0 unspecified atom stereocenters. The molecule has 0 saturated heterocycles. The van der Waals surface area contributed by atoms with Crippen LogP contribution in [0.4, 0.5) is 17.5 Å². The van der Waals surface area contributed by atoms with E-state index in [4.69, 9.17) is 0 Å². The SMILES string of the molecule is CCCNc1nc(C)c([N+](=O)[O-])c(N(CC)C2CC2)n1. The largest absolute Gasteiger partial charge is 0.354 e. The number of hydrogen-bond acceptors (Lipinski definition) is 6. The first-order valence-electron chi connectivity index (χ1n) is 7.12. The lowest BCUT2D eigenvalue weighted by atomic mass is 10.3. The standard InChI is InChI=1S/C13H21N5O2/c1-4-8-14-13-15-9(3)11(18(19)20)12(16-13)17(5-2)10-6-7-10/h10H,4-8H2,1-3H3,(H,14,15,16). The highest BCUT2D eigenvalue weighted by Crippen LogP contribution is 2.37. The van der Waals surface area contributed by atoms with Gasteiger partial charge >= 0.3 is 5.69 Å². The summed E-state index contributed by atoms with van der Waals surface area (Å²) in [6.07, 6.45) is 3.10. The molecule has 0 spiro atoms. The fourth-order valence-corrected chi connectivity index (χ4v) is 2.25. The van der Waals surface area contributed by atoms with Gasteiger partial charge < -0.3 is 10.2 Å². The van der Waals surface area contributed by atoms with Crippen molar-refractivity contribution in [2.45, 2.75) is 46.1 Å². The molecule has 1 aliphatic rings. The molecule has 0 atom stereocenters. The van der Waals surface area contributed by atoms with E-state index in [1.807, 2.05) is 11.8 Å². The quantitative estimate of drug-likeness (QED) is 0.610. The van der Waals surface area contributed by atoms with E-state index in [2.05, 4.69) is 22.2 Å². The number of aromatic nitrogens is 2. The van der Waals surface area contributed by atoms with Crippen LogP contribution in [-0.2, 0) is 0 Å². The number of hydrogen-bond donors (Lipinski definition) is 1. The average Bonchev–Trinajstić information content (AvgIpc) is 3.21. The number of rotatable bonds is 7. The van der Waals surface area contributed by atoms with Crippen LogP contribution in [0.3, 0.4) is 0 Å². The molecule has 7 heteroatoms. The van der Waals surface area contributed by atoms with Crippen molar-refractivity contribution in [3.05, 3.63) is 15.8 Å². The topological polar surface area (TPSA) is 84.2 Å². The zero-order chi connectivity index (χ0) is 14.7. The highest BCUT2D eigenvalue weighted by molar-refractivity contribution is 5.63. The molecule has 0 aromatic carbocycles. The normalized spacial score (nSPS) is 14.2. The second kappa shape index (κ2) is 6.02. The Hall–Kier alpha value is -1.92. The van der Waals surface area contributed by atoms with Crippen LogP contribution in [0.25, 0.3) is 0 Å². The van der Waals surface area contributed by atoms with Crippen LogP contribution in [0.5, 0.6) is 0 Å². The summed E-state index contributed by atoms with van der Waals surface area (Å²) in [4.78, 5) is 21.5. The van der Waals surface area contributed by atoms with Gasteiger partial charge in [-0.05, 0) is 33.1 Å². The first kappa shape index (κ1) is 14.5. The van der Waals surface area contributed by atoms with Crippen LogP contribution in [0, 0.1) is 17.0 Å². The lowest BCUT2D eigenvalue weighted by Crippen LogP contribution is -2.28. The Morgan fingerprint density at radius 3 is 2.60 bits per heavy atom. The molecular formula is C13H21N5O2. The van der Waals surface area contributed by atoms with Crippen molar-refractivity contribution in [3.63, 3.8) is 0 Å². The Kier molecular flexibility index (Phi) is 4.36. The van der Waals surface area contributed by atoms with Gasteiger partial charge in [0.2, 0.25) is 11.8 Å². The van der Waals surface area contributed by atoms with E-state index >= 15 is 0 Å². The van der Waals surface area contributed by atoms with E-state index in [9.17, 15) is 10.1 Å². The van der Waals surface area contributed by atoms with Crippen molar-refractivity contribution in [1.82, 2.24) is 9.97 Å². The molecule has 1 aromatic heterocycles. The third kappa shape index (κ3) is 2.97. The van der Waals surface area contributed by atoms with Crippen LogP contribution in [-0.4, -0.2) is 34.0 Å². The summed E-state index contributed by atoms with van der Waals surface area (Å²) in [6.45, 7) is 7.19. The van der Waals surface area contributed by atoms with Gasteiger partial charge in [0.25, 0.3) is 0 Å². The third-order valence-electron chi connectivity index (χ3n) is 3.36. The van der Waals surface area contributed by atoms with Crippen LogP contribution in [0.1, 0.15) is 38.8 Å². The molecule has 110 valence electrons. The maximum absolute atomic E-state index is 11.3.